The molecule has 1 aliphatic rings. The van der Waals surface area contributed by atoms with Crippen molar-refractivity contribution in [1.82, 2.24) is 9.88 Å². The summed E-state index contributed by atoms with van der Waals surface area (Å²) in [7, 11) is 0. The number of rotatable bonds is 6. The van der Waals surface area contributed by atoms with Gasteiger partial charge in [0.05, 0.1) is 5.69 Å². The normalized spacial score (nSPS) is 14.8. The molecular weight excluding hydrogens is 446 g/mol. The SMILES string of the molecule is CCN1CCN(c2nc(-c3ccc(C(C)CCO)cc3)cc3ccccc23)CC1.O=C(O)C(=O)O. The molecule has 1 aliphatic heterocycles. The van der Waals surface area contributed by atoms with Crippen molar-refractivity contribution in [3.05, 3.63) is 60.2 Å². The fraction of sp³-hybridized carbons (Fsp3) is 0.370. The van der Waals surface area contributed by atoms with Gasteiger partial charge in [-0.15, -0.1) is 0 Å². The highest BCUT2D eigenvalue weighted by atomic mass is 16.4. The number of pyridine rings is 1. The van der Waals surface area contributed by atoms with Crippen LogP contribution in [0.3, 0.4) is 0 Å². The molecule has 1 atom stereocenters. The van der Waals surface area contributed by atoms with E-state index in [-0.39, 0.29) is 6.61 Å². The molecule has 0 radical (unpaired) electrons. The van der Waals surface area contributed by atoms with E-state index in [1.165, 1.54) is 16.3 Å². The van der Waals surface area contributed by atoms with E-state index in [9.17, 15) is 5.11 Å². The number of hydrogen-bond donors (Lipinski definition) is 3. The van der Waals surface area contributed by atoms with Crippen molar-refractivity contribution in [3.8, 4) is 11.3 Å². The maximum absolute atomic E-state index is 9.20. The third-order valence-corrected chi connectivity index (χ3v) is 6.36. The summed E-state index contributed by atoms with van der Waals surface area (Å²) in [5, 5.41) is 26.5. The van der Waals surface area contributed by atoms with Crippen LogP contribution in [0.25, 0.3) is 22.0 Å². The van der Waals surface area contributed by atoms with Crippen molar-refractivity contribution in [2.45, 2.75) is 26.2 Å². The smallest absolute Gasteiger partial charge is 0.414 e. The van der Waals surface area contributed by atoms with E-state index in [2.05, 4.69) is 78.2 Å². The molecule has 8 nitrogen and oxygen atoms in total. The van der Waals surface area contributed by atoms with Crippen LogP contribution >= 0.6 is 0 Å². The Labute approximate surface area is 205 Å². The Morgan fingerprint density at radius 2 is 1.60 bits per heavy atom. The molecule has 0 spiro atoms. The Kier molecular flexibility index (Phi) is 9.17. The lowest BCUT2D eigenvalue weighted by molar-refractivity contribution is -0.159. The summed E-state index contributed by atoms with van der Waals surface area (Å²) in [6.07, 6.45) is 0.793. The largest absolute Gasteiger partial charge is 0.473 e. The number of nitrogens with zero attached hydrogens (tertiary/aromatic N) is 3. The van der Waals surface area contributed by atoms with Crippen molar-refractivity contribution in [2.75, 3.05) is 44.2 Å². The van der Waals surface area contributed by atoms with Crippen LogP contribution in [0, 0.1) is 0 Å². The monoisotopic (exact) mass is 479 g/mol. The molecule has 0 bridgehead atoms. The highest BCUT2D eigenvalue weighted by Crippen LogP contribution is 2.31. The highest BCUT2D eigenvalue weighted by molar-refractivity contribution is 6.27. The third kappa shape index (κ3) is 6.77. The van der Waals surface area contributed by atoms with Gasteiger partial charge in [0, 0.05) is 43.7 Å². The summed E-state index contributed by atoms with van der Waals surface area (Å²) < 4.78 is 0. The number of piperazine rings is 1. The van der Waals surface area contributed by atoms with E-state index in [0.717, 1.165) is 56.2 Å². The van der Waals surface area contributed by atoms with Crippen LogP contribution in [0.1, 0.15) is 31.7 Å². The number of aromatic nitrogens is 1. The Balaban J connectivity index is 0.000000509. The van der Waals surface area contributed by atoms with Gasteiger partial charge >= 0.3 is 11.9 Å². The molecule has 1 aromatic heterocycles. The first-order chi connectivity index (χ1) is 16.8. The fourth-order valence-corrected chi connectivity index (χ4v) is 4.19. The van der Waals surface area contributed by atoms with Gasteiger partial charge in [-0.25, -0.2) is 14.6 Å². The number of benzene rings is 2. The maximum atomic E-state index is 9.20. The van der Waals surface area contributed by atoms with Gasteiger partial charge in [0.15, 0.2) is 0 Å². The number of carbonyl (C=O) groups is 2. The lowest BCUT2D eigenvalue weighted by Gasteiger charge is -2.35. The van der Waals surface area contributed by atoms with Crippen LogP contribution in [0.5, 0.6) is 0 Å². The molecule has 0 amide bonds. The number of carboxylic acid groups (broad SMARTS) is 2. The van der Waals surface area contributed by atoms with Crippen LogP contribution in [-0.2, 0) is 9.59 Å². The fourth-order valence-electron chi connectivity index (χ4n) is 4.19. The van der Waals surface area contributed by atoms with Gasteiger partial charge in [0.25, 0.3) is 0 Å². The van der Waals surface area contributed by atoms with Crippen LogP contribution in [0.15, 0.2) is 54.6 Å². The molecule has 3 aromatic rings. The van der Waals surface area contributed by atoms with Crippen LogP contribution in [-0.4, -0.2) is 76.5 Å². The summed E-state index contributed by atoms with van der Waals surface area (Å²) in [5.41, 5.74) is 3.43. The maximum Gasteiger partial charge on any atom is 0.414 e. The van der Waals surface area contributed by atoms with Gasteiger partial charge in [0.1, 0.15) is 5.82 Å². The van der Waals surface area contributed by atoms with Crippen molar-refractivity contribution in [1.29, 1.82) is 0 Å². The predicted molar refractivity (Wildman–Crippen MR) is 137 cm³/mol. The Morgan fingerprint density at radius 1 is 0.971 bits per heavy atom. The van der Waals surface area contributed by atoms with Gasteiger partial charge in [-0.05, 0) is 35.9 Å². The van der Waals surface area contributed by atoms with E-state index in [1.807, 2.05) is 0 Å². The Hall–Kier alpha value is -3.49. The topological polar surface area (TPSA) is 114 Å². The Morgan fingerprint density at radius 3 is 2.17 bits per heavy atom. The summed E-state index contributed by atoms with van der Waals surface area (Å²) in [6, 6.07) is 19.5. The van der Waals surface area contributed by atoms with Crippen LogP contribution in [0.4, 0.5) is 5.82 Å². The average molecular weight is 480 g/mol. The minimum absolute atomic E-state index is 0.226. The number of aliphatic hydroxyl groups excluding tert-OH is 1. The van der Waals surface area contributed by atoms with E-state index >= 15 is 0 Å². The van der Waals surface area contributed by atoms with E-state index < -0.39 is 11.9 Å². The molecule has 3 N–H and O–H groups in total. The number of aliphatic hydroxyl groups is 1. The number of anilines is 1. The van der Waals surface area contributed by atoms with Gasteiger partial charge in [-0.3, -0.25) is 0 Å². The molecule has 35 heavy (non-hydrogen) atoms. The summed E-state index contributed by atoms with van der Waals surface area (Å²) in [5.74, 6) is -2.18. The minimum atomic E-state index is -1.82. The molecule has 2 aromatic carbocycles. The zero-order valence-electron chi connectivity index (χ0n) is 20.2. The van der Waals surface area contributed by atoms with Crippen molar-refractivity contribution < 1.29 is 24.9 Å². The molecular formula is C27H33N3O5. The lowest BCUT2D eigenvalue weighted by Crippen LogP contribution is -2.46. The van der Waals surface area contributed by atoms with Crippen LogP contribution < -0.4 is 4.90 Å². The minimum Gasteiger partial charge on any atom is -0.473 e. The first-order valence-corrected chi connectivity index (χ1v) is 11.9. The lowest BCUT2D eigenvalue weighted by atomic mass is 9.96. The highest BCUT2D eigenvalue weighted by Gasteiger charge is 2.20. The zero-order chi connectivity index (χ0) is 25.4. The number of fused-ring (bicyclic) bond motifs is 1. The molecule has 4 rings (SSSR count). The molecule has 0 saturated carbocycles. The third-order valence-electron chi connectivity index (χ3n) is 6.36. The van der Waals surface area contributed by atoms with Crippen LogP contribution in [0.2, 0.25) is 0 Å². The second-order valence-electron chi connectivity index (χ2n) is 8.62. The molecule has 1 saturated heterocycles. The predicted octanol–water partition coefficient (Wildman–Crippen LogP) is 3.69. The van der Waals surface area contributed by atoms with Gasteiger partial charge in [0.2, 0.25) is 0 Å². The summed E-state index contributed by atoms with van der Waals surface area (Å²) >= 11 is 0. The molecule has 8 heteroatoms. The first-order valence-electron chi connectivity index (χ1n) is 11.9. The molecule has 2 heterocycles. The summed E-state index contributed by atoms with van der Waals surface area (Å²) in [6.45, 7) is 9.95. The van der Waals surface area contributed by atoms with Gasteiger partial charge in [-0.2, -0.15) is 0 Å². The number of carboxylic acids is 2. The van der Waals surface area contributed by atoms with E-state index in [0.29, 0.717) is 5.92 Å². The second-order valence-corrected chi connectivity index (χ2v) is 8.62. The summed E-state index contributed by atoms with van der Waals surface area (Å²) in [4.78, 5) is 28.3. The molecule has 1 fully saturated rings. The second kappa shape index (κ2) is 12.3. The number of aliphatic carboxylic acids is 2. The van der Waals surface area contributed by atoms with Crippen molar-refractivity contribution >= 4 is 28.5 Å². The van der Waals surface area contributed by atoms with E-state index in [1.54, 1.807) is 0 Å². The first kappa shape index (κ1) is 26.1. The van der Waals surface area contributed by atoms with Gasteiger partial charge < -0.3 is 25.1 Å². The zero-order valence-corrected chi connectivity index (χ0v) is 20.2. The van der Waals surface area contributed by atoms with Crippen molar-refractivity contribution in [2.24, 2.45) is 0 Å². The number of likely N-dealkylation sites (N-methyl/N-ethyl adjacent to an activating group) is 1. The molecule has 186 valence electrons. The number of hydrogen-bond acceptors (Lipinski definition) is 6. The van der Waals surface area contributed by atoms with Crippen molar-refractivity contribution in [3.63, 3.8) is 0 Å². The molecule has 1 unspecified atom stereocenters. The molecule has 0 aliphatic carbocycles. The van der Waals surface area contributed by atoms with E-state index in [4.69, 9.17) is 24.8 Å². The standard InChI is InChI=1S/C25H31N3O.C2H2O4/c1-3-27-13-15-28(16-14-27)25-23-7-5-4-6-22(23)18-24(26-25)21-10-8-20(9-11-21)19(2)12-17-29;3-1(4)2(5)6/h4-11,18-19,29H,3,12-17H2,1-2H3;(H,3,4)(H,5,6). The quantitative estimate of drug-likeness (QED) is 0.459. The Bertz CT molecular complexity index is 1130. The average Bonchev–Trinajstić information content (AvgIpc) is 2.88. The van der Waals surface area contributed by atoms with Gasteiger partial charge in [-0.1, -0.05) is 62.4 Å².